The smallest absolute Gasteiger partial charge is 0.248 e. The van der Waals surface area contributed by atoms with Crippen molar-refractivity contribution in [2.75, 3.05) is 5.32 Å². The second-order valence-electron chi connectivity index (χ2n) is 5.25. The third-order valence-corrected chi connectivity index (χ3v) is 4.37. The summed E-state index contributed by atoms with van der Waals surface area (Å²) in [7, 11) is 0. The topological polar surface area (TPSA) is 29.1 Å². The van der Waals surface area contributed by atoms with E-state index in [2.05, 4.69) is 29.6 Å². The zero-order valence-electron chi connectivity index (χ0n) is 12.8. The Labute approximate surface area is 140 Å². The van der Waals surface area contributed by atoms with Crippen LogP contribution in [-0.4, -0.2) is 5.91 Å². The van der Waals surface area contributed by atoms with Crippen LogP contribution in [0.1, 0.15) is 5.56 Å². The lowest BCUT2D eigenvalue weighted by Crippen LogP contribution is -2.07. The Bertz CT molecular complexity index is 848. The van der Waals surface area contributed by atoms with E-state index < -0.39 is 0 Å². The van der Waals surface area contributed by atoms with Crippen LogP contribution in [0.15, 0.2) is 83.1 Å². The Kier molecular flexibility index (Phi) is 4.79. The summed E-state index contributed by atoms with van der Waals surface area (Å²) in [5.41, 5.74) is 1.98. The van der Waals surface area contributed by atoms with Crippen LogP contribution in [0.2, 0.25) is 0 Å². The first-order valence-corrected chi connectivity index (χ1v) is 8.29. The van der Waals surface area contributed by atoms with Crippen molar-refractivity contribution >= 4 is 34.1 Å². The first-order valence-electron chi connectivity index (χ1n) is 7.41. The van der Waals surface area contributed by atoms with E-state index in [1.807, 2.05) is 54.8 Å². The average molecular weight is 319 g/mol. The molecule has 0 aromatic heterocycles. The highest BCUT2D eigenvalue weighted by molar-refractivity contribution is 8.02. The fraction of sp³-hybridized carbons (Fsp3) is 0.0500. The van der Waals surface area contributed by atoms with Crippen molar-refractivity contribution in [3.8, 4) is 0 Å². The van der Waals surface area contributed by atoms with Gasteiger partial charge in [-0.1, -0.05) is 65.9 Å². The van der Waals surface area contributed by atoms with Gasteiger partial charge in [-0.3, -0.25) is 4.79 Å². The second-order valence-corrected chi connectivity index (χ2v) is 6.20. The molecule has 0 spiro atoms. The van der Waals surface area contributed by atoms with Crippen molar-refractivity contribution in [3.63, 3.8) is 0 Å². The number of hydrogen-bond acceptors (Lipinski definition) is 2. The number of carbonyl (C=O) groups is 1. The van der Waals surface area contributed by atoms with Gasteiger partial charge in [-0.15, -0.1) is 0 Å². The molecule has 0 aliphatic rings. The van der Waals surface area contributed by atoms with E-state index in [1.54, 1.807) is 17.8 Å². The van der Waals surface area contributed by atoms with Crippen LogP contribution >= 0.6 is 11.8 Å². The molecule has 0 bridgehead atoms. The van der Waals surface area contributed by atoms with Gasteiger partial charge in [-0.25, -0.2) is 0 Å². The number of carbonyl (C=O) groups excluding carboxylic acids is 1. The first-order chi connectivity index (χ1) is 11.2. The third-order valence-electron chi connectivity index (χ3n) is 3.48. The Hall–Kier alpha value is -2.52. The molecule has 0 heterocycles. The molecule has 0 saturated carbocycles. The maximum absolute atomic E-state index is 11.9. The number of rotatable bonds is 4. The van der Waals surface area contributed by atoms with Crippen molar-refractivity contribution in [1.82, 2.24) is 0 Å². The standard InChI is InChI=1S/C20H17NOS/c1-15-9-11-17(12-10-15)21-20(22)13-14-23-19-8-4-6-16-5-2-3-7-18(16)19/h2-14H,1H3,(H,21,22)/b14-13-. The molecule has 3 aromatic carbocycles. The van der Waals surface area contributed by atoms with Crippen molar-refractivity contribution in [3.05, 3.63) is 83.8 Å². The number of fused-ring (bicyclic) bond motifs is 1. The molecule has 0 fully saturated rings. The summed E-state index contributed by atoms with van der Waals surface area (Å²) in [6.07, 6.45) is 1.56. The molecule has 0 saturated heterocycles. The van der Waals surface area contributed by atoms with Gasteiger partial charge in [-0.05, 0) is 41.3 Å². The number of hydrogen-bond donors (Lipinski definition) is 1. The number of nitrogens with one attached hydrogen (secondary N) is 1. The number of amides is 1. The van der Waals surface area contributed by atoms with Gasteiger partial charge in [0.05, 0.1) is 0 Å². The van der Waals surface area contributed by atoms with Crippen LogP contribution in [0, 0.1) is 6.92 Å². The highest BCUT2D eigenvalue weighted by atomic mass is 32.2. The predicted octanol–water partition coefficient (Wildman–Crippen LogP) is 5.39. The monoisotopic (exact) mass is 319 g/mol. The van der Waals surface area contributed by atoms with E-state index >= 15 is 0 Å². The van der Waals surface area contributed by atoms with Gasteiger partial charge in [-0.2, -0.15) is 0 Å². The molecule has 1 amide bonds. The summed E-state index contributed by atoms with van der Waals surface area (Å²) < 4.78 is 0. The maximum atomic E-state index is 11.9. The van der Waals surface area contributed by atoms with E-state index in [0.29, 0.717) is 0 Å². The van der Waals surface area contributed by atoms with E-state index in [1.165, 1.54) is 16.3 Å². The zero-order valence-corrected chi connectivity index (χ0v) is 13.6. The highest BCUT2D eigenvalue weighted by Gasteiger charge is 2.00. The first kappa shape index (κ1) is 15.4. The quantitative estimate of drug-likeness (QED) is 0.516. The Morgan fingerprint density at radius 2 is 1.70 bits per heavy atom. The van der Waals surface area contributed by atoms with Gasteiger partial charge < -0.3 is 5.32 Å². The SMILES string of the molecule is Cc1ccc(NC(=O)/C=C\Sc2cccc3ccccc23)cc1. The Morgan fingerprint density at radius 3 is 2.52 bits per heavy atom. The predicted molar refractivity (Wildman–Crippen MR) is 98.8 cm³/mol. The number of anilines is 1. The van der Waals surface area contributed by atoms with Crippen molar-refractivity contribution < 1.29 is 4.79 Å². The average Bonchev–Trinajstić information content (AvgIpc) is 2.57. The number of aryl methyl sites for hydroxylation is 1. The molecule has 3 aromatic rings. The molecule has 1 N–H and O–H groups in total. The zero-order chi connectivity index (χ0) is 16.1. The summed E-state index contributed by atoms with van der Waals surface area (Å²) >= 11 is 1.55. The molecule has 2 nitrogen and oxygen atoms in total. The summed E-state index contributed by atoms with van der Waals surface area (Å²) in [5, 5.41) is 7.08. The lowest BCUT2D eigenvalue weighted by atomic mass is 10.1. The highest BCUT2D eigenvalue weighted by Crippen LogP contribution is 2.28. The largest absolute Gasteiger partial charge is 0.322 e. The number of thioether (sulfide) groups is 1. The molecular weight excluding hydrogens is 302 g/mol. The normalized spacial score (nSPS) is 11.0. The van der Waals surface area contributed by atoms with Crippen LogP contribution in [0.4, 0.5) is 5.69 Å². The van der Waals surface area contributed by atoms with Crippen LogP contribution < -0.4 is 5.32 Å². The molecule has 114 valence electrons. The maximum Gasteiger partial charge on any atom is 0.248 e. The van der Waals surface area contributed by atoms with Crippen LogP contribution in [0.3, 0.4) is 0 Å². The second kappa shape index (κ2) is 7.16. The minimum absolute atomic E-state index is 0.124. The van der Waals surface area contributed by atoms with E-state index in [-0.39, 0.29) is 5.91 Å². The Balaban J connectivity index is 1.66. The molecule has 0 unspecified atom stereocenters. The molecule has 0 aliphatic carbocycles. The van der Waals surface area contributed by atoms with Crippen LogP contribution in [0.25, 0.3) is 10.8 Å². The van der Waals surface area contributed by atoms with Gasteiger partial charge in [0.2, 0.25) is 5.91 Å². The molecule has 3 rings (SSSR count). The van der Waals surface area contributed by atoms with E-state index in [4.69, 9.17) is 0 Å². The molecule has 0 aliphatic heterocycles. The summed E-state index contributed by atoms with van der Waals surface area (Å²) in [6.45, 7) is 2.02. The number of benzene rings is 3. The van der Waals surface area contributed by atoms with E-state index in [9.17, 15) is 4.79 Å². The van der Waals surface area contributed by atoms with Gasteiger partial charge in [0, 0.05) is 16.7 Å². The minimum Gasteiger partial charge on any atom is -0.322 e. The molecule has 0 atom stereocenters. The van der Waals surface area contributed by atoms with Gasteiger partial charge >= 0.3 is 0 Å². The third kappa shape index (κ3) is 4.02. The summed E-state index contributed by atoms with van der Waals surface area (Å²) in [4.78, 5) is 13.1. The molecule has 3 heteroatoms. The fourth-order valence-electron chi connectivity index (χ4n) is 2.29. The minimum atomic E-state index is -0.124. The summed E-state index contributed by atoms with van der Waals surface area (Å²) in [6, 6.07) is 22.2. The van der Waals surface area contributed by atoms with Crippen molar-refractivity contribution in [1.29, 1.82) is 0 Å². The van der Waals surface area contributed by atoms with Crippen molar-refractivity contribution in [2.24, 2.45) is 0 Å². The van der Waals surface area contributed by atoms with Gasteiger partial charge in [0.25, 0.3) is 0 Å². The lowest BCUT2D eigenvalue weighted by molar-refractivity contribution is -0.111. The van der Waals surface area contributed by atoms with Crippen molar-refractivity contribution in [2.45, 2.75) is 11.8 Å². The van der Waals surface area contributed by atoms with Gasteiger partial charge in [0.15, 0.2) is 0 Å². The molecule has 23 heavy (non-hydrogen) atoms. The van der Waals surface area contributed by atoms with Gasteiger partial charge in [0.1, 0.15) is 0 Å². The van der Waals surface area contributed by atoms with E-state index in [0.717, 1.165) is 10.6 Å². The van der Waals surface area contributed by atoms with Crippen LogP contribution in [-0.2, 0) is 4.79 Å². The lowest BCUT2D eigenvalue weighted by Gasteiger charge is -2.04. The Morgan fingerprint density at radius 1 is 0.957 bits per heavy atom. The molecule has 0 radical (unpaired) electrons. The molecular formula is C20H17NOS. The van der Waals surface area contributed by atoms with Crippen LogP contribution in [0.5, 0.6) is 0 Å². The fourth-order valence-corrected chi connectivity index (χ4v) is 3.10. The summed E-state index contributed by atoms with van der Waals surface area (Å²) in [5.74, 6) is -0.124.